The first-order chi connectivity index (χ1) is 9.01. The average molecular weight is 284 g/mol. The third-order valence-corrected chi connectivity index (χ3v) is 3.16. The molecule has 0 spiro atoms. The number of nitrogens with zero attached hydrogens (tertiary/aromatic N) is 1. The molecule has 1 heterocycles. The van der Waals surface area contributed by atoms with Gasteiger partial charge >= 0.3 is 6.18 Å². The maximum absolute atomic E-state index is 11.9. The van der Waals surface area contributed by atoms with Crippen molar-refractivity contribution in [3.63, 3.8) is 0 Å². The molecule has 1 aliphatic heterocycles. The summed E-state index contributed by atoms with van der Waals surface area (Å²) in [6.45, 7) is 2.99. The zero-order chi connectivity index (χ0) is 14.1. The fourth-order valence-electron chi connectivity index (χ4n) is 2.09. The summed E-state index contributed by atoms with van der Waals surface area (Å²) in [6, 6.07) is 0. The molecule has 1 rings (SSSR count). The molecule has 114 valence electrons. The molecule has 0 atom stereocenters. The SMILES string of the molecule is COCCNCC1CCN(COCC(F)(F)F)CC1. The molecular weight excluding hydrogens is 261 g/mol. The minimum atomic E-state index is -4.23. The van der Waals surface area contributed by atoms with E-state index in [1.54, 1.807) is 7.11 Å². The van der Waals surface area contributed by atoms with Crippen molar-refractivity contribution in [2.45, 2.75) is 19.0 Å². The first kappa shape index (κ1) is 16.7. The van der Waals surface area contributed by atoms with Gasteiger partial charge in [0.2, 0.25) is 0 Å². The Labute approximate surface area is 112 Å². The number of piperidine rings is 1. The normalized spacial score (nSPS) is 18.9. The second-order valence-corrected chi connectivity index (χ2v) is 4.85. The predicted molar refractivity (Wildman–Crippen MR) is 65.9 cm³/mol. The van der Waals surface area contributed by atoms with Crippen LogP contribution in [0.1, 0.15) is 12.8 Å². The molecule has 19 heavy (non-hydrogen) atoms. The highest BCUT2D eigenvalue weighted by atomic mass is 19.4. The fraction of sp³-hybridized carbons (Fsp3) is 1.00. The molecule has 0 aromatic rings. The van der Waals surface area contributed by atoms with Crippen LogP contribution in [0.15, 0.2) is 0 Å². The second-order valence-electron chi connectivity index (χ2n) is 4.85. The van der Waals surface area contributed by atoms with Crippen molar-refractivity contribution in [1.29, 1.82) is 0 Å². The lowest BCUT2D eigenvalue weighted by Crippen LogP contribution is -2.39. The molecule has 0 amide bonds. The first-order valence-corrected chi connectivity index (χ1v) is 6.58. The summed E-state index contributed by atoms with van der Waals surface area (Å²) in [7, 11) is 1.67. The lowest BCUT2D eigenvalue weighted by molar-refractivity contribution is -0.184. The van der Waals surface area contributed by atoms with Crippen molar-refractivity contribution in [1.82, 2.24) is 10.2 Å². The fourth-order valence-corrected chi connectivity index (χ4v) is 2.09. The van der Waals surface area contributed by atoms with Crippen LogP contribution in [0.3, 0.4) is 0 Å². The monoisotopic (exact) mass is 284 g/mol. The Morgan fingerprint density at radius 3 is 2.53 bits per heavy atom. The minimum absolute atomic E-state index is 0.0728. The number of nitrogens with one attached hydrogen (secondary N) is 1. The van der Waals surface area contributed by atoms with Gasteiger partial charge in [-0.2, -0.15) is 13.2 Å². The summed E-state index contributed by atoms with van der Waals surface area (Å²) < 4.78 is 45.3. The summed E-state index contributed by atoms with van der Waals surface area (Å²) in [4.78, 5) is 1.93. The van der Waals surface area contributed by atoms with Crippen LogP contribution < -0.4 is 5.32 Å². The Morgan fingerprint density at radius 1 is 1.26 bits per heavy atom. The van der Waals surface area contributed by atoms with Gasteiger partial charge in [-0.1, -0.05) is 0 Å². The molecule has 0 bridgehead atoms. The number of ether oxygens (including phenoxy) is 2. The molecule has 1 aliphatic rings. The number of hydrogen-bond acceptors (Lipinski definition) is 4. The average Bonchev–Trinajstić information content (AvgIpc) is 2.35. The van der Waals surface area contributed by atoms with Crippen LogP contribution in [0.4, 0.5) is 13.2 Å². The summed E-state index contributed by atoms with van der Waals surface area (Å²) >= 11 is 0. The molecule has 1 saturated heterocycles. The van der Waals surface area contributed by atoms with Crippen molar-refractivity contribution in [2.75, 3.05) is 53.2 Å². The van der Waals surface area contributed by atoms with Gasteiger partial charge in [0.15, 0.2) is 0 Å². The molecule has 0 radical (unpaired) electrons. The maximum Gasteiger partial charge on any atom is 0.411 e. The molecule has 0 aromatic carbocycles. The highest BCUT2D eigenvalue weighted by molar-refractivity contribution is 4.72. The Kier molecular flexibility index (Phi) is 7.67. The summed E-state index contributed by atoms with van der Waals surface area (Å²) in [5.41, 5.74) is 0. The molecule has 0 aliphatic carbocycles. The van der Waals surface area contributed by atoms with Crippen molar-refractivity contribution in [3.05, 3.63) is 0 Å². The third-order valence-electron chi connectivity index (χ3n) is 3.16. The maximum atomic E-state index is 11.9. The number of hydrogen-bond donors (Lipinski definition) is 1. The van der Waals surface area contributed by atoms with Crippen molar-refractivity contribution < 1.29 is 22.6 Å². The molecule has 4 nitrogen and oxygen atoms in total. The largest absolute Gasteiger partial charge is 0.411 e. The van der Waals surface area contributed by atoms with E-state index in [9.17, 15) is 13.2 Å². The van der Waals surface area contributed by atoms with Gasteiger partial charge in [0.1, 0.15) is 6.61 Å². The lowest BCUT2D eigenvalue weighted by Gasteiger charge is -2.31. The van der Waals surface area contributed by atoms with Gasteiger partial charge in [0.05, 0.1) is 13.3 Å². The van der Waals surface area contributed by atoms with Crippen LogP contribution in [-0.4, -0.2) is 64.3 Å². The van der Waals surface area contributed by atoms with E-state index in [1.165, 1.54) is 0 Å². The first-order valence-electron chi connectivity index (χ1n) is 6.58. The van der Waals surface area contributed by atoms with Crippen LogP contribution in [-0.2, 0) is 9.47 Å². The van der Waals surface area contributed by atoms with E-state index in [0.29, 0.717) is 12.5 Å². The van der Waals surface area contributed by atoms with Gasteiger partial charge in [-0.15, -0.1) is 0 Å². The van der Waals surface area contributed by atoms with E-state index in [4.69, 9.17) is 4.74 Å². The highest BCUT2D eigenvalue weighted by Gasteiger charge is 2.28. The summed E-state index contributed by atoms with van der Waals surface area (Å²) in [6.07, 6.45) is -2.24. The van der Waals surface area contributed by atoms with Crippen LogP contribution in [0, 0.1) is 5.92 Å². The smallest absolute Gasteiger partial charge is 0.383 e. The van der Waals surface area contributed by atoms with Crippen LogP contribution in [0.25, 0.3) is 0 Å². The summed E-state index contributed by atoms with van der Waals surface area (Å²) in [5.74, 6) is 0.593. The van der Waals surface area contributed by atoms with Gasteiger partial charge in [-0.25, -0.2) is 0 Å². The Balaban J connectivity index is 2.02. The van der Waals surface area contributed by atoms with Crippen molar-refractivity contribution in [3.8, 4) is 0 Å². The Morgan fingerprint density at radius 2 is 1.95 bits per heavy atom. The predicted octanol–water partition coefficient (Wildman–Crippen LogP) is 1.47. The molecule has 0 unspecified atom stereocenters. The molecule has 1 N–H and O–H groups in total. The zero-order valence-electron chi connectivity index (χ0n) is 11.3. The number of methoxy groups -OCH3 is 1. The number of alkyl halides is 3. The van der Waals surface area contributed by atoms with Gasteiger partial charge in [0, 0.05) is 26.7 Å². The quantitative estimate of drug-likeness (QED) is 0.684. The summed E-state index contributed by atoms with van der Waals surface area (Å²) in [5, 5.41) is 3.31. The second kappa shape index (κ2) is 8.73. The van der Waals surface area contributed by atoms with Crippen LogP contribution in [0.5, 0.6) is 0 Å². The molecule has 0 aromatic heterocycles. The van der Waals surface area contributed by atoms with Crippen LogP contribution >= 0.6 is 0 Å². The van der Waals surface area contributed by atoms with E-state index < -0.39 is 12.8 Å². The van der Waals surface area contributed by atoms with E-state index in [0.717, 1.165) is 39.0 Å². The van der Waals surface area contributed by atoms with Gasteiger partial charge in [-0.05, 0) is 25.3 Å². The lowest BCUT2D eigenvalue weighted by atomic mass is 9.97. The van der Waals surface area contributed by atoms with E-state index in [2.05, 4.69) is 10.1 Å². The van der Waals surface area contributed by atoms with E-state index in [1.807, 2.05) is 4.90 Å². The van der Waals surface area contributed by atoms with Crippen molar-refractivity contribution >= 4 is 0 Å². The number of halogens is 3. The third kappa shape index (κ3) is 8.41. The Hall–Kier alpha value is -0.370. The number of rotatable bonds is 8. The topological polar surface area (TPSA) is 33.7 Å². The van der Waals surface area contributed by atoms with Gasteiger partial charge in [0.25, 0.3) is 0 Å². The minimum Gasteiger partial charge on any atom is -0.383 e. The molecule has 1 fully saturated rings. The molecule has 0 saturated carbocycles. The molecular formula is C12H23F3N2O2. The van der Waals surface area contributed by atoms with Crippen molar-refractivity contribution in [2.24, 2.45) is 5.92 Å². The zero-order valence-corrected chi connectivity index (χ0v) is 11.3. The Bertz CT molecular complexity index is 232. The van der Waals surface area contributed by atoms with Gasteiger partial charge in [-0.3, -0.25) is 4.90 Å². The van der Waals surface area contributed by atoms with Crippen LogP contribution in [0.2, 0.25) is 0 Å². The number of likely N-dealkylation sites (tertiary alicyclic amines) is 1. The van der Waals surface area contributed by atoms with Gasteiger partial charge < -0.3 is 14.8 Å². The standard InChI is InChI=1S/C12H23F3N2O2/c1-18-7-4-16-8-11-2-5-17(6-3-11)10-19-9-12(13,14)15/h11,16H,2-10H2,1H3. The van der Waals surface area contributed by atoms with E-state index >= 15 is 0 Å². The molecule has 7 heteroatoms. The highest BCUT2D eigenvalue weighted by Crippen LogP contribution is 2.18. The van der Waals surface area contributed by atoms with E-state index in [-0.39, 0.29) is 6.73 Å².